The van der Waals surface area contributed by atoms with Crippen molar-refractivity contribution in [3.05, 3.63) is 33.8 Å². The van der Waals surface area contributed by atoms with Crippen LogP contribution in [0.3, 0.4) is 0 Å². The molecule has 7 nitrogen and oxygen atoms in total. The van der Waals surface area contributed by atoms with Crippen molar-refractivity contribution in [2.45, 2.75) is 57.8 Å². The summed E-state index contributed by atoms with van der Waals surface area (Å²) >= 11 is 11.8. The zero-order valence-corrected chi connectivity index (χ0v) is 17.5. The molecule has 0 aliphatic carbocycles. The highest BCUT2D eigenvalue weighted by Gasteiger charge is 2.29. The quantitative estimate of drug-likeness (QED) is 0.714. The molecule has 0 unspecified atom stereocenters. The average molecular weight is 431 g/mol. The Balaban J connectivity index is 1.86. The van der Waals surface area contributed by atoms with Crippen LogP contribution in [0.15, 0.2) is 18.2 Å². The van der Waals surface area contributed by atoms with Crippen LogP contribution in [0.5, 0.6) is 0 Å². The van der Waals surface area contributed by atoms with Gasteiger partial charge in [-0.25, -0.2) is 4.79 Å². The fourth-order valence-electron chi connectivity index (χ4n) is 2.66. The van der Waals surface area contributed by atoms with E-state index >= 15 is 0 Å². The molecule has 1 fully saturated rings. The molecule has 28 heavy (non-hydrogen) atoms. The van der Waals surface area contributed by atoms with Crippen LogP contribution in [0.4, 0.5) is 4.79 Å². The molecule has 1 aliphatic rings. The number of benzene rings is 1. The molecule has 1 heterocycles. The number of esters is 1. The van der Waals surface area contributed by atoms with Gasteiger partial charge in [-0.15, -0.1) is 0 Å². The number of ether oxygens (including phenoxy) is 2. The van der Waals surface area contributed by atoms with Gasteiger partial charge in [0.1, 0.15) is 17.7 Å². The lowest BCUT2D eigenvalue weighted by Gasteiger charge is -2.22. The first-order chi connectivity index (χ1) is 13.0. The Bertz CT molecular complexity index is 748. The van der Waals surface area contributed by atoms with E-state index in [1.165, 1.54) is 0 Å². The summed E-state index contributed by atoms with van der Waals surface area (Å²) in [6.07, 6.45) is -0.351. The van der Waals surface area contributed by atoms with E-state index in [0.717, 1.165) is 0 Å². The van der Waals surface area contributed by atoms with E-state index in [1.54, 1.807) is 39.0 Å². The second-order valence-corrected chi connectivity index (χ2v) is 8.37. The number of hydrogen-bond acceptors (Lipinski definition) is 5. The van der Waals surface area contributed by atoms with Crippen LogP contribution in [-0.4, -0.2) is 42.3 Å². The molecule has 1 aromatic carbocycles. The molecule has 154 valence electrons. The number of halogens is 2. The van der Waals surface area contributed by atoms with E-state index in [0.29, 0.717) is 28.5 Å². The standard InChI is InChI=1S/C19H24Cl2N2O5/c1-19(2,3)28-18(26)23-15-7-5-12(10-22-17(15)25)27-16(24)9-11-4-6-13(20)14(21)8-11/h4,6,8,12,15H,5,7,9-10H2,1-3H3,(H,22,25)(H,23,26)/t12-,15+/m1/s1. The highest BCUT2D eigenvalue weighted by atomic mass is 35.5. The van der Waals surface area contributed by atoms with Crippen LogP contribution < -0.4 is 10.6 Å². The number of carbonyl (C=O) groups is 3. The van der Waals surface area contributed by atoms with Crippen molar-refractivity contribution in [1.82, 2.24) is 10.6 Å². The molecule has 0 aromatic heterocycles. The van der Waals surface area contributed by atoms with E-state index in [9.17, 15) is 14.4 Å². The fraction of sp³-hybridized carbons (Fsp3) is 0.526. The Morgan fingerprint density at radius 1 is 1.21 bits per heavy atom. The molecule has 0 saturated carbocycles. The van der Waals surface area contributed by atoms with Crippen LogP contribution in [0.1, 0.15) is 39.2 Å². The molecule has 9 heteroatoms. The van der Waals surface area contributed by atoms with Gasteiger partial charge < -0.3 is 20.1 Å². The van der Waals surface area contributed by atoms with Crippen molar-refractivity contribution in [1.29, 1.82) is 0 Å². The fourth-order valence-corrected chi connectivity index (χ4v) is 2.98. The molecule has 1 aliphatic heterocycles. The van der Waals surface area contributed by atoms with Crippen LogP contribution in [-0.2, 0) is 25.5 Å². The normalized spacial score (nSPS) is 20.0. The molecular formula is C19H24Cl2N2O5. The van der Waals surface area contributed by atoms with Crippen LogP contribution in [0.25, 0.3) is 0 Å². The summed E-state index contributed by atoms with van der Waals surface area (Å²) in [6.45, 7) is 5.40. The number of hydrogen-bond donors (Lipinski definition) is 2. The molecule has 2 N–H and O–H groups in total. The summed E-state index contributed by atoms with van der Waals surface area (Å²) < 4.78 is 10.6. The van der Waals surface area contributed by atoms with Crippen LogP contribution >= 0.6 is 23.2 Å². The third-order valence-corrected chi connectivity index (χ3v) is 4.66. The van der Waals surface area contributed by atoms with Crippen molar-refractivity contribution >= 4 is 41.2 Å². The minimum absolute atomic E-state index is 0.0426. The van der Waals surface area contributed by atoms with Crippen LogP contribution in [0, 0.1) is 0 Å². The third kappa shape index (κ3) is 7.20. The predicted molar refractivity (Wildman–Crippen MR) is 105 cm³/mol. The lowest BCUT2D eigenvalue weighted by atomic mass is 10.1. The van der Waals surface area contributed by atoms with Gasteiger partial charge >= 0.3 is 12.1 Å². The topological polar surface area (TPSA) is 93.7 Å². The zero-order chi connectivity index (χ0) is 20.9. The second-order valence-electron chi connectivity index (χ2n) is 7.56. The Labute approximate surface area is 174 Å². The van der Waals surface area contributed by atoms with E-state index in [-0.39, 0.29) is 18.9 Å². The SMILES string of the molecule is CC(C)(C)OC(=O)N[C@H]1CC[C@@H](OC(=O)Cc2ccc(Cl)c(Cl)c2)CNC1=O. The molecule has 2 rings (SSSR count). The lowest BCUT2D eigenvalue weighted by Crippen LogP contribution is -2.47. The zero-order valence-electron chi connectivity index (χ0n) is 16.0. The highest BCUT2D eigenvalue weighted by molar-refractivity contribution is 6.42. The largest absolute Gasteiger partial charge is 0.460 e. The van der Waals surface area contributed by atoms with Gasteiger partial charge in [-0.2, -0.15) is 0 Å². The van der Waals surface area contributed by atoms with Gasteiger partial charge in [0.2, 0.25) is 5.91 Å². The first kappa shape index (κ1) is 22.3. The van der Waals surface area contributed by atoms with Gasteiger partial charge in [-0.1, -0.05) is 29.3 Å². The van der Waals surface area contributed by atoms with Gasteiger partial charge in [0, 0.05) is 0 Å². The number of carbonyl (C=O) groups excluding carboxylic acids is 3. The molecule has 2 amide bonds. The molecule has 2 atom stereocenters. The lowest BCUT2D eigenvalue weighted by molar-refractivity contribution is -0.148. The van der Waals surface area contributed by atoms with E-state index in [4.69, 9.17) is 32.7 Å². The third-order valence-electron chi connectivity index (χ3n) is 3.92. The summed E-state index contributed by atoms with van der Waals surface area (Å²) in [7, 11) is 0. The van der Waals surface area contributed by atoms with Crippen molar-refractivity contribution < 1.29 is 23.9 Å². The van der Waals surface area contributed by atoms with Crippen molar-refractivity contribution in [3.63, 3.8) is 0 Å². The number of rotatable bonds is 4. The smallest absolute Gasteiger partial charge is 0.408 e. The summed E-state index contributed by atoms with van der Waals surface area (Å²) in [5, 5.41) is 6.00. The summed E-state index contributed by atoms with van der Waals surface area (Å²) in [5.41, 5.74) is 0.0232. The highest BCUT2D eigenvalue weighted by Crippen LogP contribution is 2.23. The maximum Gasteiger partial charge on any atom is 0.408 e. The summed E-state index contributed by atoms with van der Waals surface area (Å²) in [6, 6.07) is 4.19. The molecule has 0 spiro atoms. The molecule has 0 radical (unpaired) electrons. The van der Waals surface area contributed by atoms with Gasteiger partial charge in [0.05, 0.1) is 23.0 Å². The number of nitrogens with one attached hydrogen (secondary N) is 2. The van der Waals surface area contributed by atoms with E-state index in [1.807, 2.05) is 0 Å². The maximum absolute atomic E-state index is 12.2. The van der Waals surface area contributed by atoms with Crippen molar-refractivity contribution in [3.8, 4) is 0 Å². The monoisotopic (exact) mass is 430 g/mol. The first-order valence-electron chi connectivity index (χ1n) is 8.94. The van der Waals surface area contributed by atoms with Crippen molar-refractivity contribution in [2.75, 3.05) is 6.54 Å². The maximum atomic E-state index is 12.2. The first-order valence-corrected chi connectivity index (χ1v) is 9.70. The van der Waals surface area contributed by atoms with Crippen LogP contribution in [0.2, 0.25) is 10.0 Å². The Morgan fingerprint density at radius 3 is 2.57 bits per heavy atom. The summed E-state index contributed by atoms with van der Waals surface area (Å²) in [4.78, 5) is 36.2. The molecule has 0 bridgehead atoms. The Hall–Kier alpha value is -1.99. The summed E-state index contributed by atoms with van der Waals surface area (Å²) in [5.74, 6) is -0.773. The van der Waals surface area contributed by atoms with E-state index in [2.05, 4.69) is 10.6 Å². The van der Waals surface area contributed by atoms with Crippen molar-refractivity contribution in [2.24, 2.45) is 0 Å². The Morgan fingerprint density at radius 2 is 1.93 bits per heavy atom. The minimum atomic E-state index is -0.742. The molecular weight excluding hydrogens is 407 g/mol. The van der Waals surface area contributed by atoms with Gasteiger partial charge in [-0.3, -0.25) is 9.59 Å². The Kier molecular flexibility index (Phi) is 7.55. The van der Waals surface area contributed by atoms with Gasteiger partial charge in [0.15, 0.2) is 0 Å². The number of amides is 2. The second kappa shape index (κ2) is 9.47. The predicted octanol–water partition coefficient (Wildman–Crippen LogP) is 3.25. The molecule has 1 saturated heterocycles. The van der Waals surface area contributed by atoms with E-state index < -0.39 is 29.8 Å². The van der Waals surface area contributed by atoms with Gasteiger partial charge in [0.25, 0.3) is 0 Å². The minimum Gasteiger partial charge on any atom is -0.460 e. The molecule has 1 aromatic rings. The average Bonchev–Trinajstić information content (AvgIpc) is 2.72. The van der Waals surface area contributed by atoms with Gasteiger partial charge in [-0.05, 0) is 51.3 Å². The number of alkyl carbamates (subject to hydrolysis) is 1.